The summed E-state index contributed by atoms with van der Waals surface area (Å²) in [5.74, 6) is 0.629. The van der Waals surface area contributed by atoms with E-state index in [4.69, 9.17) is 9.47 Å². The molecule has 0 saturated heterocycles. The van der Waals surface area contributed by atoms with E-state index in [0.29, 0.717) is 32.1 Å². The van der Waals surface area contributed by atoms with Gasteiger partial charge in [0.25, 0.3) is 0 Å². The molecular formula is C18H37N5O4. The first kappa shape index (κ1) is 24.8. The number of rotatable bonds is 7. The molecule has 0 unspecified atom stereocenters. The molecule has 158 valence electrons. The van der Waals surface area contributed by atoms with Gasteiger partial charge in [0.15, 0.2) is 5.96 Å². The van der Waals surface area contributed by atoms with Gasteiger partial charge in [0, 0.05) is 40.3 Å². The molecule has 0 radical (unpaired) electrons. The summed E-state index contributed by atoms with van der Waals surface area (Å²) in [6.07, 6.45) is -0.0618. The van der Waals surface area contributed by atoms with Crippen LogP contribution in [0.2, 0.25) is 0 Å². The van der Waals surface area contributed by atoms with Crippen LogP contribution < -0.4 is 16.0 Å². The number of hydrogen-bond acceptors (Lipinski definition) is 5. The van der Waals surface area contributed by atoms with E-state index in [1.54, 1.807) is 14.1 Å². The number of aliphatic imine (C=N–C) groups is 1. The third-order valence-electron chi connectivity index (χ3n) is 2.98. The second-order valence-corrected chi connectivity index (χ2v) is 8.11. The van der Waals surface area contributed by atoms with Crippen LogP contribution in [0.3, 0.4) is 0 Å². The number of ether oxygens (including phenoxy) is 2. The number of nitrogens with one attached hydrogen (secondary N) is 3. The standard InChI is InChI=1S/C18H37N5O4/c1-17(2,3)26-15(24)22-11-9-10-20-14(19-7)21-12-13-23(8)16(25)27-18(4,5)6/h9-13H2,1-8H3,(H,22,24)(H2,19,20,21). The van der Waals surface area contributed by atoms with Gasteiger partial charge < -0.3 is 30.3 Å². The van der Waals surface area contributed by atoms with Crippen LogP contribution in [0, 0.1) is 0 Å². The minimum atomic E-state index is -0.510. The molecule has 9 heteroatoms. The molecule has 0 aliphatic carbocycles. The van der Waals surface area contributed by atoms with Gasteiger partial charge in [-0.25, -0.2) is 9.59 Å². The first-order valence-electron chi connectivity index (χ1n) is 9.19. The second-order valence-electron chi connectivity index (χ2n) is 8.11. The molecule has 0 aromatic rings. The molecule has 0 aromatic carbocycles. The topological polar surface area (TPSA) is 104 Å². The lowest BCUT2D eigenvalue weighted by molar-refractivity contribution is 0.0301. The number of alkyl carbamates (subject to hydrolysis) is 1. The molecule has 0 saturated carbocycles. The molecule has 3 N–H and O–H groups in total. The lowest BCUT2D eigenvalue weighted by Gasteiger charge is -2.25. The SMILES string of the molecule is CN=C(NCCCNC(=O)OC(C)(C)C)NCCN(C)C(=O)OC(C)(C)C. The van der Waals surface area contributed by atoms with Gasteiger partial charge in [-0.3, -0.25) is 4.99 Å². The molecule has 0 aliphatic heterocycles. The van der Waals surface area contributed by atoms with E-state index in [9.17, 15) is 9.59 Å². The molecule has 0 spiro atoms. The van der Waals surface area contributed by atoms with E-state index in [-0.39, 0.29) is 6.09 Å². The van der Waals surface area contributed by atoms with E-state index < -0.39 is 17.3 Å². The molecule has 2 amide bonds. The van der Waals surface area contributed by atoms with Gasteiger partial charge in [0.05, 0.1) is 0 Å². The van der Waals surface area contributed by atoms with Crippen molar-refractivity contribution in [2.24, 2.45) is 4.99 Å². The van der Waals surface area contributed by atoms with E-state index in [1.165, 1.54) is 4.90 Å². The largest absolute Gasteiger partial charge is 0.444 e. The van der Waals surface area contributed by atoms with Crippen molar-refractivity contribution in [2.45, 2.75) is 59.2 Å². The Morgan fingerprint density at radius 3 is 1.93 bits per heavy atom. The van der Waals surface area contributed by atoms with Gasteiger partial charge in [0.2, 0.25) is 0 Å². The average molecular weight is 388 g/mol. The van der Waals surface area contributed by atoms with Crippen molar-refractivity contribution in [2.75, 3.05) is 40.3 Å². The van der Waals surface area contributed by atoms with Gasteiger partial charge in [-0.15, -0.1) is 0 Å². The first-order valence-corrected chi connectivity index (χ1v) is 9.19. The van der Waals surface area contributed by atoms with Gasteiger partial charge in [-0.2, -0.15) is 0 Å². The summed E-state index contributed by atoms with van der Waals surface area (Å²) in [4.78, 5) is 29.0. The molecule has 0 atom stereocenters. The maximum atomic E-state index is 11.9. The van der Waals surface area contributed by atoms with Crippen molar-refractivity contribution >= 4 is 18.1 Å². The summed E-state index contributed by atoms with van der Waals surface area (Å²) in [5, 5.41) is 8.97. The predicted octanol–water partition coefficient (Wildman–Crippen LogP) is 1.93. The Balaban J connectivity index is 3.94. The number of guanidine groups is 1. The Labute approximate surface area is 163 Å². The summed E-state index contributed by atoms with van der Waals surface area (Å²) >= 11 is 0. The van der Waals surface area contributed by atoms with Crippen molar-refractivity contribution in [3.63, 3.8) is 0 Å². The van der Waals surface area contributed by atoms with Gasteiger partial charge >= 0.3 is 12.2 Å². The molecule has 9 nitrogen and oxygen atoms in total. The van der Waals surface area contributed by atoms with Crippen molar-refractivity contribution in [3.05, 3.63) is 0 Å². The van der Waals surface area contributed by atoms with Crippen molar-refractivity contribution in [1.82, 2.24) is 20.9 Å². The number of hydrogen-bond donors (Lipinski definition) is 3. The molecular weight excluding hydrogens is 350 g/mol. The highest BCUT2D eigenvalue weighted by atomic mass is 16.6. The van der Waals surface area contributed by atoms with Crippen LogP contribution in [0.1, 0.15) is 48.0 Å². The van der Waals surface area contributed by atoms with Crippen LogP contribution >= 0.6 is 0 Å². The average Bonchev–Trinajstić information content (AvgIpc) is 2.49. The molecule has 0 fully saturated rings. The highest BCUT2D eigenvalue weighted by Crippen LogP contribution is 2.08. The quantitative estimate of drug-likeness (QED) is 0.350. The van der Waals surface area contributed by atoms with E-state index in [1.807, 2.05) is 41.5 Å². The lowest BCUT2D eigenvalue weighted by Crippen LogP contribution is -2.43. The molecule has 0 rings (SSSR count). The van der Waals surface area contributed by atoms with Crippen LogP contribution in [0.5, 0.6) is 0 Å². The predicted molar refractivity (Wildman–Crippen MR) is 107 cm³/mol. The van der Waals surface area contributed by atoms with Crippen LogP contribution in [0.15, 0.2) is 4.99 Å². The molecule has 0 aromatic heterocycles. The third kappa shape index (κ3) is 14.6. The number of carbonyl (C=O) groups excluding carboxylic acids is 2. The normalized spacial score (nSPS) is 12.2. The number of nitrogens with zero attached hydrogens (tertiary/aromatic N) is 2. The van der Waals surface area contributed by atoms with Crippen molar-refractivity contribution in [1.29, 1.82) is 0 Å². The Hall–Kier alpha value is -2.19. The summed E-state index contributed by atoms with van der Waals surface area (Å²) < 4.78 is 10.5. The van der Waals surface area contributed by atoms with E-state index >= 15 is 0 Å². The fraction of sp³-hybridized carbons (Fsp3) is 0.833. The monoisotopic (exact) mass is 387 g/mol. The Bertz CT molecular complexity index is 495. The number of carbonyl (C=O) groups is 2. The fourth-order valence-corrected chi connectivity index (χ4v) is 1.79. The van der Waals surface area contributed by atoms with Crippen LogP contribution in [0.4, 0.5) is 9.59 Å². The smallest absolute Gasteiger partial charge is 0.410 e. The highest BCUT2D eigenvalue weighted by Gasteiger charge is 2.19. The minimum Gasteiger partial charge on any atom is -0.444 e. The summed E-state index contributed by atoms with van der Waals surface area (Å²) in [6.45, 7) is 13.1. The zero-order valence-electron chi connectivity index (χ0n) is 18.1. The van der Waals surface area contributed by atoms with Gasteiger partial charge in [-0.1, -0.05) is 0 Å². The molecule has 0 aliphatic rings. The van der Waals surface area contributed by atoms with Crippen molar-refractivity contribution < 1.29 is 19.1 Å². The van der Waals surface area contributed by atoms with Gasteiger partial charge in [-0.05, 0) is 48.0 Å². The zero-order valence-corrected chi connectivity index (χ0v) is 18.1. The van der Waals surface area contributed by atoms with Crippen LogP contribution in [-0.4, -0.2) is 74.5 Å². The second kappa shape index (κ2) is 11.5. The Morgan fingerprint density at radius 1 is 0.889 bits per heavy atom. The van der Waals surface area contributed by atoms with Crippen LogP contribution in [0.25, 0.3) is 0 Å². The zero-order chi connectivity index (χ0) is 21.1. The van der Waals surface area contributed by atoms with Crippen LogP contribution in [-0.2, 0) is 9.47 Å². The van der Waals surface area contributed by atoms with Gasteiger partial charge in [0.1, 0.15) is 11.2 Å². The maximum Gasteiger partial charge on any atom is 0.410 e. The summed E-state index contributed by atoms with van der Waals surface area (Å²) in [5.41, 5.74) is -1.01. The number of amides is 2. The fourth-order valence-electron chi connectivity index (χ4n) is 1.79. The summed E-state index contributed by atoms with van der Waals surface area (Å²) in [6, 6.07) is 0. The Morgan fingerprint density at radius 2 is 1.41 bits per heavy atom. The molecule has 0 bridgehead atoms. The molecule has 27 heavy (non-hydrogen) atoms. The highest BCUT2D eigenvalue weighted by molar-refractivity contribution is 5.79. The lowest BCUT2D eigenvalue weighted by atomic mass is 10.2. The Kier molecular flexibility index (Phi) is 10.6. The first-order chi connectivity index (χ1) is 12.3. The number of likely N-dealkylation sites (N-methyl/N-ethyl adjacent to an activating group) is 1. The van der Waals surface area contributed by atoms with E-state index in [2.05, 4.69) is 20.9 Å². The van der Waals surface area contributed by atoms with Crippen molar-refractivity contribution in [3.8, 4) is 0 Å². The maximum absolute atomic E-state index is 11.9. The van der Waals surface area contributed by atoms with E-state index in [0.717, 1.165) is 6.42 Å². The summed E-state index contributed by atoms with van der Waals surface area (Å²) in [7, 11) is 3.36. The third-order valence-corrected chi connectivity index (χ3v) is 2.98. The minimum absolute atomic E-state index is 0.361. The molecule has 0 heterocycles.